The van der Waals surface area contributed by atoms with Crippen LogP contribution in [0.3, 0.4) is 0 Å². The van der Waals surface area contributed by atoms with Gasteiger partial charge in [-0.15, -0.1) is 0 Å². The summed E-state index contributed by atoms with van der Waals surface area (Å²) in [6.07, 6.45) is -0.473. The molecule has 0 unspecified atom stereocenters. The van der Waals surface area contributed by atoms with Gasteiger partial charge in [0, 0.05) is 31.2 Å². The van der Waals surface area contributed by atoms with Crippen LogP contribution in [0, 0.1) is 5.92 Å². The lowest BCUT2D eigenvalue weighted by Crippen LogP contribution is -2.41. The van der Waals surface area contributed by atoms with Crippen LogP contribution in [0.5, 0.6) is 0 Å². The number of aryl methyl sites for hydroxylation is 1. The Bertz CT molecular complexity index is 1180. The molecule has 2 heterocycles. The summed E-state index contributed by atoms with van der Waals surface area (Å²) in [6.45, 7) is 3.32. The molecule has 1 aliphatic rings. The number of hydrogen-bond donors (Lipinski definition) is 0. The molecule has 4 nitrogen and oxygen atoms in total. The van der Waals surface area contributed by atoms with E-state index in [9.17, 15) is 22.8 Å². The van der Waals surface area contributed by atoms with Gasteiger partial charge in [0.25, 0.3) is 5.91 Å². The van der Waals surface area contributed by atoms with Crippen molar-refractivity contribution in [1.29, 1.82) is 0 Å². The van der Waals surface area contributed by atoms with Crippen molar-refractivity contribution in [2.24, 2.45) is 5.92 Å². The number of benzene rings is 2. The third kappa shape index (κ3) is 4.42. The summed E-state index contributed by atoms with van der Waals surface area (Å²) in [4.78, 5) is 27.9. The molecule has 1 amide bonds. The molecule has 32 heavy (non-hydrogen) atoms. The van der Waals surface area contributed by atoms with Crippen molar-refractivity contribution in [3.63, 3.8) is 0 Å². The van der Waals surface area contributed by atoms with Crippen molar-refractivity contribution in [3.05, 3.63) is 81.6 Å². The zero-order valence-corrected chi connectivity index (χ0v) is 17.9. The number of aromatic nitrogens is 1. The number of alkyl halides is 3. The van der Waals surface area contributed by atoms with E-state index < -0.39 is 23.1 Å². The molecule has 168 valence electrons. The molecule has 2 aromatic carbocycles. The number of hydrogen-bond acceptors (Lipinski definition) is 2. The Hall–Kier alpha value is -3.09. The first-order valence-electron chi connectivity index (χ1n) is 10.9. The van der Waals surface area contributed by atoms with Crippen LogP contribution in [0.15, 0.2) is 59.5 Å². The average molecular weight is 442 g/mol. The molecule has 1 saturated heterocycles. The van der Waals surface area contributed by atoms with Crippen LogP contribution in [0.4, 0.5) is 13.2 Å². The second kappa shape index (κ2) is 8.81. The average Bonchev–Trinajstić information content (AvgIpc) is 2.79. The van der Waals surface area contributed by atoms with Crippen LogP contribution in [0.2, 0.25) is 0 Å². The number of likely N-dealkylation sites (tertiary alicyclic amines) is 1. The highest BCUT2D eigenvalue weighted by Crippen LogP contribution is 2.31. The Morgan fingerprint density at radius 3 is 2.38 bits per heavy atom. The predicted octanol–water partition coefficient (Wildman–Crippen LogP) is 5.14. The molecule has 0 saturated carbocycles. The SMILES string of the molecule is CCn1cc(C(=O)N2CCC(Cc3ccccc3)CC2)c(=O)c2cc(C(F)(F)F)ccc21. The number of nitrogens with zero attached hydrogens (tertiary/aromatic N) is 2. The molecule has 0 N–H and O–H groups in total. The van der Waals surface area contributed by atoms with E-state index in [4.69, 9.17) is 0 Å². The van der Waals surface area contributed by atoms with Crippen LogP contribution in [-0.4, -0.2) is 28.5 Å². The quantitative estimate of drug-likeness (QED) is 0.562. The minimum atomic E-state index is -4.56. The Balaban J connectivity index is 1.58. The van der Waals surface area contributed by atoms with Gasteiger partial charge in [0.15, 0.2) is 0 Å². The number of amides is 1. The Morgan fingerprint density at radius 2 is 1.75 bits per heavy atom. The number of carbonyl (C=O) groups excluding carboxylic acids is 1. The van der Waals surface area contributed by atoms with Crippen LogP contribution in [0.1, 0.15) is 41.3 Å². The minimum Gasteiger partial charge on any atom is -0.347 e. The summed E-state index contributed by atoms with van der Waals surface area (Å²) >= 11 is 0. The Morgan fingerprint density at radius 1 is 1.06 bits per heavy atom. The molecule has 3 aromatic rings. The van der Waals surface area contributed by atoms with Gasteiger partial charge in [-0.2, -0.15) is 13.2 Å². The van der Waals surface area contributed by atoms with Crippen molar-refractivity contribution < 1.29 is 18.0 Å². The van der Waals surface area contributed by atoms with E-state index in [1.807, 2.05) is 25.1 Å². The summed E-state index contributed by atoms with van der Waals surface area (Å²) in [5, 5.41) is -0.0773. The maximum absolute atomic E-state index is 13.2. The van der Waals surface area contributed by atoms with Crippen molar-refractivity contribution >= 4 is 16.8 Å². The van der Waals surface area contributed by atoms with E-state index in [2.05, 4.69) is 12.1 Å². The summed E-state index contributed by atoms with van der Waals surface area (Å²) in [6, 6.07) is 13.3. The third-order valence-corrected chi connectivity index (χ3v) is 6.25. The van der Waals surface area contributed by atoms with Crippen LogP contribution < -0.4 is 5.43 Å². The number of fused-ring (bicyclic) bond motifs is 1. The second-order valence-electron chi connectivity index (χ2n) is 8.31. The van der Waals surface area contributed by atoms with E-state index in [0.717, 1.165) is 31.4 Å². The molecule has 1 aromatic heterocycles. The molecule has 0 bridgehead atoms. The molecule has 0 aliphatic carbocycles. The fourth-order valence-corrected chi connectivity index (χ4v) is 4.45. The fraction of sp³-hybridized carbons (Fsp3) is 0.360. The van der Waals surface area contributed by atoms with E-state index in [-0.39, 0.29) is 10.9 Å². The van der Waals surface area contributed by atoms with E-state index in [0.29, 0.717) is 31.1 Å². The molecule has 7 heteroatoms. The van der Waals surface area contributed by atoms with Crippen LogP contribution >= 0.6 is 0 Å². The molecular weight excluding hydrogens is 417 g/mol. The third-order valence-electron chi connectivity index (χ3n) is 6.25. The molecule has 1 fully saturated rings. The van der Waals surface area contributed by atoms with Gasteiger partial charge in [-0.05, 0) is 55.9 Å². The smallest absolute Gasteiger partial charge is 0.347 e. The lowest BCUT2D eigenvalue weighted by molar-refractivity contribution is -0.137. The zero-order chi connectivity index (χ0) is 22.9. The van der Waals surface area contributed by atoms with Gasteiger partial charge in [0.2, 0.25) is 5.43 Å². The number of carbonyl (C=O) groups is 1. The first-order valence-corrected chi connectivity index (χ1v) is 10.9. The highest BCUT2D eigenvalue weighted by Gasteiger charge is 2.32. The highest BCUT2D eigenvalue weighted by atomic mass is 19.4. The van der Waals surface area contributed by atoms with Gasteiger partial charge >= 0.3 is 6.18 Å². The maximum atomic E-state index is 13.2. The van der Waals surface area contributed by atoms with Crippen molar-refractivity contribution in [2.75, 3.05) is 13.1 Å². The maximum Gasteiger partial charge on any atom is 0.416 e. The molecule has 1 aliphatic heterocycles. The van der Waals surface area contributed by atoms with Crippen molar-refractivity contribution in [2.45, 2.75) is 38.9 Å². The largest absolute Gasteiger partial charge is 0.416 e. The normalized spacial score (nSPS) is 15.3. The monoisotopic (exact) mass is 442 g/mol. The number of pyridine rings is 1. The lowest BCUT2D eigenvalue weighted by atomic mass is 9.90. The van der Waals surface area contributed by atoms with Gasteiger partial charge in [-0.3, -0.25) is 9.59 Å². The standard InChI is InChI=1S/C25H25F3N2O2/c1-2-29-16-21(23(31)20-15-19(25(26,27)28)8-9-22(20)29)24(32)30-12-10-18(11-13-30)14-17-6-4-3-5-7-17/h3-9,15-16,18H,2,10-14H2,1H3. The van der Waals surface area contributed by atoms with E-state index in [1.54, 1.807) is 9.47 Å². The van der Waals surface area contributed by atoms with E-state index >= 15 is 0 Å². The van der Waals surface area contributed by atoms with Gasteiger partial charge in [0.05, 0.1) is 11.1 Å². The number of rotatable bonds is 4. The zero-order valence-electron chi connectivity index (χ0n) is 17.9. The van der Waals surface area contributed by atoms with Crippen LogP contribution in [0.25, 0.3) is 10.9 Å². The molecule has 0 atom stereocenters. The van der Waals surface area contributed by atoms with Gasteiger partial charge in [-0.25, -0.2) is 0 Å². The molecule has 0 spiro atoms. The van der Waals surface area contributed by atoms with Gasteiger partial charge in [-0.1, -0.05) is 30.3 Å². The summed E-state index contributed by atoms with van der Waals surface area (Å²) in [5.74, 6) is 0.0503. The van der Waals surface area contributed by atoms with E-state index in [1.165, 1.54) is 17.8 Å². The molecule has 0 radical (unpaired) electrons. The van der Waals surface area contributed by atoms with Crippen molar-refractivity contribution in [1.82, 2.24) is 9.47 Å². The first-order chi connectivity index (χ1) is 15.3. The summed E-state index contributed by atoms with van der Waals surface area (Å²) in [5.41, 5.74) is 0.0465. The topological polar surface area (TPSA) is 42.3 Å². The Labute approximate surface area is 184 Å². The molecule has 4 rings (SSSR count). The number of halogens is 3. The summed E-state index contributed by atoms with van der Waals surface area (Å²) in [7, 11) is 0. The fourth-order valence-electron chi connectivity index (χ4n) is 4.45. The lowest BCUT2D eigenvalue weighted by Gasteiger charge is -2.32. The first kappa shape index (κ1) is 22.1. The minimum absolute atomic E-state index is 0.0693. The highest BCUT2D eigenvalue weighted by molar-refractivity contribution is 5.97. The second-order valence-corrected chi connectivity index (χ2v) is 8.31. The van der Waals surface area contributed by atoms with Gasteiger partial charge < -0.3 is 9.47 Å². The van der Waals surface area contributed by atoms with Crippen LogP contribution in [-0.2, 0) is 19.1 Å². The Kier molecular flexibility index (Phi) is 6.09. The number of piperidine rings is 1. The van der Waals surface area contributed by atoms with Crippen molar-refractivity contribution in [3.8, 4) is 0 Å². The van der Waals surface area contributed by atoms with Gasteiger partial charge in [0.1, 0.15) is 5.56 Å². The predicted molar refractivity (Wildman–Crippen MR) is 118 cm³/mol. The molecular formula is C25H25F3N2O2. The summed E-state index contributed by atoms with van der Waals surface area (Å²) < 4.78 is 41.2.